The molecule has 116 valence electrons. The van der Waals surface area contributed by atoms with Crippen LogP contribution in [0.15, 0.2) is 35.5 Å². The first-order valence-corrected chi connectivity index (χ1v) is 7.60. The lowest BCUT2D eigenvalue weighted by atomic mass is 9.70. The molecule has 0 saturated carbocycles. The Balaban J connectivity index is 2.06. The minimum absolute atomic E-state index is 0.0166. The van der Waals surface area contributed by atoms with Crippen molar-refractivity contribution in [3.63, 3.8) is 0 Å². The maximum atomic E-state index is 12.6. The number of ether oxygens (including phenoxy) is 1. The number of methoxy groups -OCH3 is 1. The van der Waals surface area contributed by atoms with Crippen LogP contribution in [-0.4, -0.2) is 18.8 Å². The first kappa shape index (κ1) is 14.8. The molecular formula is C18H21NO3. The summed E-state index contributed by atoms with van der Waals surface area (Å²) in [6.45, 7) is 4.13. The highest BCUT2D eigenvalue weighted by Gasteiger charge is 2.40. The Kier molecular flexibility index (Phi) is 3.55. The second-order valence-corrected chi connectivity index (χ2v) is 6.91. The van der Waals surface area contributed by atoms with Gasteiger partial charge < -0.3 is 10.1 Å². The average Bonchev–Trinajstić information content (AvgIpc) is 2.44. The van der Waals surface area contributed by atoms with Crippen molar-refractivity contribution in [2.75, 3.05) is 7.11 Å². The van der Waals surface area contributed by atoms with Crippen molar-refractivity contribution in [1.29, 1.82) is 0 Å². The highest BCUT2D eigenvalue weighted by Crippen LogP contribution is 2.44. The molecule has 0 spiro atoms. The molecule has 2 aliphatic rings. The maximum Gasteiger partial charge on any atom is 0.225 e. The molecule has 4 heteroatoms. The van der Waals surface area contributed by atoms with Gasteiger partial charge in [0.2, 0.25) is 5.91 Å². The van der Waals surface area contributed by atoms with Crippen LogP contribution in [-0.2, 0) is 9.59 Å². The fraction of sp³-hybridized carbons (Fsp3) is 0.444. The number of rotatable bonds is 2. The molecule has 1 amide bonds. The fourth-order valence-corrected chi connectivity index (χ4v) is 3.50. The predicted octanol–water partition coefficient (Wildman–Crippen LogP) is 2.94. The van der Waals surface area contributed by atoms with Crippen LogP contribution in [0.2, 0.25) is 0 Å². The molecule has 0 bridgehead atoms. The van der Waals surface area contributed by atoms with Crippen LogP contribution >= 0.6 is 0 Å². The Morgan fingerprint density at radius 1 is 1.23 bits per heavy atom. The van der Waals surface area contributed by atoms with Gasteiger partial charge in [-0.2, -0.15) is 0 Å². The zero-order chi connectivity index (χ0) is 15.9. The summed E-state index contributed by atoms with van der Waals surface area (Å²) in [5.41, 5.74) is 2.46. The first-order chi connectivity index (χ1) is 10.4. The minimum Gasteiger partial charge on any atom is -0.497 e. The zero-order valence-electron chi connectivity index (χ0n) is 13.2. The van der Waals surface area contributed by atoms with Crippen LogP contribution in [0.5, 0.6) is 5.75 Å². The second-order valence-electron chi connectivity index (χ2n) is 6.91. The van der Waals surface area contributed by atoms with Gasteiger partial charge in [0, 0.05) is 30.0 Å². The maximum absolute atomic E-state index is 12.6. The van der Waals surface area contributed by atoms with Crippen molar-refractivity contribution in [3.8, 4) is 5.75 Å². The summed E-state index contributed by atoms with van der Waals surface area (Å²) < 4.78 is 5.27. The van der Waals surface area contributed by atoms with E-state index in [1.807, 2.05) is 24.3 Å². The monoisotopic (exact) mass is 299 g/mol. The number of benzene rings is 1. The van der Waals surface area contributed by atoms with E-state index in [4.69, 9.17) is 4.74 Å². The van der Waals surface area contributed by atoms with Crippen molar-refractivity contribution in [2.24, 2.45) is 5.41 Å². The summed E-state index contributed by atoms with van der Waals surface area (Å²) >= 11 is 0. The van der Waals surface area contributed by atoms with Gasteiger partial charge in [-0.1, -0.05) is 26.0 Å². The van der Waals surface area contributed by atoms with E-state index >= 15 is 0 Å². The molecule has 0 saturated heterocycles. The van der Waals surface area contributed by atoms with Gasteiger partial charge in [0.05, 0.1) is 7.11 Å². The van der Waals surface area contributed by atoms with Crippen LogP contribution in [0.3, 0.4) is 0 Å². The van der Waals surface area contributed by atoms with E-state index in [9.17, 15) is 9.59 Å². The highest BCUT2D eigenvalue weighted by molar-refractivity contribution is 6.02. The molecule has 0 radical (unpaired) electrons. The topological polar surface area (TPSA) is 55.4 Å². The number of hydrogen-bond donors (Lipinski definition) is 1. The molecule has 1 atom stereocenters. The summed E-state index contributed by atoms with van der Waals surface area (Å²) in [5, 5.41) is 2.92. The van der Waals surface area contributed by atoms with Gasteiger partial charge in [-0.05, 0) is 29.5 Å². The van der Waals surface area contributed by atoms with Gasteiger partial charge in [-0.15, -0.1) is 0 Å². The van der Waals surface area contributed by atoms with Crippen LogP contribution in [0.25, 0.3) is 0 Å². The van der Waals surface area contributed by atoms with E-state index in [1.54, 1.807) is 7.11 Å². The molecule has 1 aliphatic carbocycles. The van der Waals surface area contributed by atoms with E-state index in [1.165, 1.54) is 0 Å². The second kappa shape index (κ2) is 5.27. The van der Waals surface area contributed by atoms with E-state index in [0.717, 1.165) is 29.0 Å². The van der Waals surface area contributed by atoms with E-state index in [2.05, 4.69) is 19.2 Å². The van der Waals surface area contributed by atoms with E-state index < -0.39 is 0 Å². The Morgan fingerprint density at radius 3 is 2.73 bits per heavy atom. The molecule has 1 aromatic carbocycles. The van der Waals surface area contributed by atoms with Crippen molar-refractivity contribution < 1.29 is 14.3 Å². The summed E-state index contributed by atoms with van der Waals surface area (Å²) in [6.07, 6.45) is 1.58. The number of hydrogen-bond acceptors (Lipinski definition) is 3. The summed E-state index contributed by atoms with van der Waals surface area (Å²) in [6, 6.07) is 7.65. The number of ketones is 1. The van der Waals surface area contributed by atoms with Crippen molar-refractivity contribution >= 4 is 11.7 Å². The smallest absolute Gasteiger partial charge is 0.225 e. The quantitative estimate of drug-likeness (QED) is 0.913. The molecule has 0 aromatic heterocycles. The zero-order valence-corrected chi connectivity index (χ0v) is 13.2. The summed E-state index contributed by atoms with van der Waals surface area (Å²) in [7, 11) is 1.62. The number of Topliss-reactive ketones (excluding diaryl/α,β-unsaturated/α-hetero) is 1. The molecule has 22 heavy (non-hydrogen) atoms. The van der Waals surface area contributed by atoms with Gasteiger partial charge in [0.1, 0.15) is 5.75 Å². The van der Waals surface area contributed by atoms with Gasteiger partial charge in [-0.25, -0.2) is 0 Å². The third-order valence-corrected chi connectivity index (χ3v) is 4.44. The van der Waals surface area contributed by atoms with E-state index in [0.29, 0.717) is 12.8 Å². The van der Waals surface area contributed by atoms with Crippen molar-refractivity contribution in [2.45, 2.75) is 39.0 Å². The number of allylic oxidation sites excluding steroid dienone is 2. The number of carbonyl (C=O) groups is 2. The molecule has 1 N–H and O–H groups in total. The van der Waals surface area contributed by atoms with Gasteiger partial charge in [-0.3, -0.25) is 9.59 Å². The molecule has 1 heterocycles. The van der Waals surface area contributed by atoms with Crippen molar-refractivity contribution in [3.05, 3.63) is 41.1 Å². The standard InChI is InChI=1S/C18H21NO3/c1-18(2)9-14-17(15(20)10-18)13(8-16(21)19-14)11-5-4-6-12(7-11)22-3/h4-7,13H,8-10H2,1-3H3,(H,19,21). The highest BCUT2D eigenvalue weighted by atomic mass is 16.5. The third-order valence-electron chi connectivity index (χ3n) is 4.44. The Labute approximate surface area is 130 Å². The lowest BCUT2D eigenvalue weighted by Gasteiger charge is -2.37. The lowest BCUT2D eigenvalue weighted by molar-refractivity contribution is -0.122. The van der Waals surface area contributed by atoms with Gasteiger partial charge in [0.15, 0.2) is 5.78 Å². The molecule has 1 unspecified atom stereocenters. The largest absolute Gasteiger partial charge is 0.497 e. The van der Waals surface area contributed by atoms with Crippen LogP contribution in [0, 0.1) is 5.41 Å². The number of amides is 1. The summed E-state index contributed by atoms with van der Waals surface area (Å²) in [4.78, 5) is 24.7. The molecule has 1 aliphatic heterocycles. The lowest BCUT2D eigenvalue weighted by Crippen LogP contribution is -2.40. The van der Waals surface area contributed by atoms with Crippen LogP contribution in [0.4, 0.5) is 0 Å². The Hall–Kier alpha value is -2.10. The molecule has 0 fully saturated rings. The number of nitrogens with one attached hydrogen (secondary N) is 1. The van der Waals surface area contributed by atoms with E-state index in [-0.39, 0.29) is 23.0 Å². The first-order valence-electron chi connectivity index (χ1n) is 7.60. The predicted molar refractivity (Wildman–Crippen MR) is 83.5 cm³/mol. The number of carbonyl (C=O) groups excluding carboxylic acids is 2. The fourth-order valence-electron chi connectivity index (χ4n) is 3.50. The van der Waals surface area contributed by atoms with Crippen LogP contribution < -0.4 is 10.1 Å². The molecular weight excluding hydrogens is 278 g/mol. The normalized spacial score (nSPS) is 23.9. The molecule has 3 rings (SSSR count). The SMILES string of the molecule is COc1cccc(C2CC(=O)NC3=C2C(=O)CC(C)(C)C3)c1. The Morgan fingerprint density at radius 2 is 2.00 bits per heavy atom. The Bertz CT molecular complexity index is 673. The molecule has 4 nitrogen and oxygen atoms in total. The summed E-state index contributed by atoms with van der Waals surface area (Å²) in [5.74, 6) is 0.716. The van der Waals surface area contributed by atoms with Crippen molar-refractivity contribution in [1.82, 2.24) is 5.32 Å². The molecule has 1 aromatic rings. The average molecular weight is 299 g/mol. The van der Waals surface area contributed by atoms with Crippen LogP contribution in [0.1, 0.15) is 44.6 Å². The third kappa shape index (κ3) is 2.65. The van der Waals surface area contributed by atoms with Gasteiger partial charge in [0.25, 0.3) is 0 Å². The van der Waals surface area contributed by atoms with Gasteiger partial charge >= 0.3 is 0 Å². The minimum atomic E-state index is -0.164.